The van der Waals surface area contributed by atoms with E-state index >= 15 is 0 Å². The highest BCUT2D eigenvalue weighted by Gasteiger charge is 2.40. The molecule has 0 amide bonds. The Labute approximate surface area is 159 Å². The van der Waals surface area contributed by atoms with E-state index in [0.29, 0.717) is 0 Å². The summed E-state index contributed by atoms with van der Waals surface area (Å²) in [5.41, 5.74) is 4.54. The molecule has 0 unspecified atom stereocenters. The van der Waals surface area contributed by atoms with Crippen molar-refractivity contribution in [1.82, 2.24) is 20.1 Å². The summed E-state index contributed by atoms with van der Waals surface area (Å²) >= 11 is 0. The molecule has 1 atom stereocenters. The molecule has 1 saturated carbocycles. The Kier molecular flexibility index (Phi) is 4.01. The maximum absolute atomic E-state index is 13.7. The van der Waals surface area contributed by atoms with Crippen LogP contribution in [-0.2, 0) is 13.0 Å². The van der Waals surface area contributed by atoms with Crippen LogP contribution in [0.25, 0.3) is 10.9 Å². The molecule has 1 aromatic carbocycles. The van der Waals surface area contributed by atoms with Gasteiger partial charge in [0.1, 0.15) is 11.6 Å². The van der Waals surface area contributed by atoms with Crippen molar-refractivity contribution in [2.24, 2.45) is 0 Å². The quantitative estimate of drug-likeness (QED) is 0.789. The third-order valence-corrected chi connectivity index (χ3v) is 6.53. The van der Waals surface area contributed by atoms with Crippen LogP contribution in [-0.4, -0.2) is 40.0 Å². The van der Waals surface area contributed by atoms with Gasteiger partial charge in [0.15, 0.2) is 0 Å². The minimum atomic E-state index is -0.179. The SMILES string of the molecule is C=C1[C@@H]2Cc3c([nH]c4ccc(F)cc34)CN2C(=C)N1CCCNC1CCC1. The summed E-state index contributed by atoms with van der Waals surface area (Å²) in [7, 11) is 0. The lowest BCUT2D eigenvalue weighted by molar-refractivity contribution is 0.269. The number of rotatable bonds is 5. The van der Waals surface area contributed by atoms with Gasteiger partial charge < -0.3 is 20.1 Å². The molecule has 0 radical (unpaired) electrons. The Morgan fingerprint density at radius 3 is 2.89 bits per heavy atom. The maximum Gasteiger partial charge on any atom is 0.123 e. The summed E-state index contributed by atoms with van der Waals surface area (Å²) in [6.45, 7) is 11.5. The first-order valence-electron chi connectivity index (χ1n) is 10.1. The van der Waals surface area contributed by atoms with Crippen molar-refractivity contribution in [3.8, 4) is 0 Å². The first-order valence-corrected chi connectivity index (χ1v) is 10.1. The largest absolute Gasteiger partial charge is 0.357 e. The number of hydrogen-bond acceptors (Lipinski definition) is 3. The number of halogens is 1. The molecule has 5 heteroatoms. The van der Waals surface area contributed by atoms with Gasteiger partial charge in [-0.1, -0.05) is 19.6 Å². The van der Waals surface area contributed by atoms with Crippen molar-refractivity contribution in [3.63, 3.8) is 0 Å². The summed E-state index contributed by atoms with van der Waals surface area (Å²) in [6.07, 6.45) is 5.96. The van der Waals surface area contributed by atoms with E-state index in [4.69, 9.17) is 0 Å². The molecule has 27 heavy (non-hydrogen) atoms. The summed E-state index contributed by atoms with van der Waals surface area (Å²) in [4.78, 5) is 8.10. The van der Waals surface area contributed by atoms with Crippen LogP contribution in [0, 0.1) is 5.82 Å². The van der Waals surface area contributed by atoms with E-state index in [1.54, 1.807) is 6.07 Å². The second-order valence-electron chi connectivity index (χ2n) is 8.11. The number of nitrogens with one attached hydrogen (secondary N) is 2. The molecule has 1 saturated heterocycles. The van der Waals surface area contributed by atoms with Gasteiger partial charge in [-0.2, -0.15) is 0 Å². The van der Waals surface area contributed by atoms with Gasteiger partial charge in [-0.3, -0.25) is 0 Å². The molecular weight excluding hydrogens is 339 g/mol. The number of hydrogen-bond donors (Lipinski definition) is 2. The van der Waals surface area contributed by atoms with Gasteiger partial charge in [0.25, 0.3) is 0 Å². The first kappa shape index (κ1) is 16.9. The zero-order valence-electron chi connectivity index (χ0n) is 15.7. The van der Waals surface area contributed by atoms with Crippen molar-refractivity contribution in [3.05, 3.63) is 59.9 Å². The minimum absolute atomic E-state index is 0.179. The Morgan fingerprint density at radius 2 is 2.11 bits per heavy atom. The number of H-pyrrole nitrogens is 1. The number of aromatic amines is 1. The summed E-state index contributed by atoms with van der Waals surface area (Å²) in [5.74, 6) is 0.867. The Bertz CT molecular complexity index is 910. The van der Waals surface area contributed by atoms with Crippen molar-refractivity contribution in [2.75, 3.05) is 13.1 Å². The van der Waals surface area contributed by atoms with Gasteiger partial charge in [-0.25, -0.2) is 4.39 Å². The van der Waals surface area contributed by atoms with E-state index in [-0.39, 0.29) is 11.9 Å². The smallest absolute Gasteiger partial charge is 0.123 e. The van der Waals surface area contributed by atoms with E-state index in [1.807, 2.05) is 6.07 Å². The Morgan fingerprint density at radius 1 is 1.26 bits per heavy atom. The van der Waals surface area contributed by atoms with Crippen LogP contribution in [0.5, 0.6) is 0 Å². The van der Waals surface area contributed by atoms with Crippen molar-refractivity contribution >= 4 is 10.9 Å². The van der Waals surface area contributed by atoms with Crippen molar-refractivity contribution in [1.29, 1.82) is 0 Å². The monoisotopic (exact) mass is 366 g/mol. The van der Waals surface area contributed by atoms with Crippen LogP contribution in [0.1, 0.15) is 36.9 Å². The highest BCUT2D eigenvalue weighted by Crippen LogP contribution is 2.40. The molecule has 0 bridgehead atoms. The highest BCUT2D eigenvalue weighted by molar-refractivity contribution is 5.85. The summed E-state index contributed by atoms with van der Waals surface area (Å²) < 4.78 is 13.7. The molecule has 2 fully saturated rings. The van der Waals surface area contributed by atoms with Gasteiger partial charge in [-0.15, -0.1) is 0 Å². The first-order chi connectivity index (χ1) is 13.1. The molecule has 2 aromatic rings. The molecule has 2 aliphatic heterocycles. The molecule has 1 aromatic heterocycles. The standard InChI is InChI=1S/C22H27FN4/c1-14-22-12-19-18-11-16(23)7-8-20(18)25-21(19)13-27(22)15(2)26(14)10-4-9-24-17-5-3-6-17/h7-8,11,17,22,24-25H,1-6,9-10,12-13H2/t22-/m0/s1. The van der Waals surface area contributed by atoms with E-state index < -0.39 is 0 Å². The van der Waals surface area contributed by atoms with Crippen LogP contribution in [0.4, 0.5) is 4.39 Å². The molecule has 5 rings (SSSR count). The number of benzene rings is 1. The van der Waals surface area contributed by atoms with Crippen LogP contribution in [0.15, 0.2) is 42.9 Å². The average Bonchev–Trinajstić information content (AvgIpc) is 3.08. The van der Waals surface area contributed by atoms with Crippen molar-refractivity contribution < 1.29 is 4.39 Å². The Balaban J connectivity index is 1.30. The lowest BCUT2D eigenvalue weighted by Gasteiger charge is -2.30. The number of fused-ring (bicyclic) bond motifs is 4. The fourth-order valence-electron chi connectivity index (χ4n) is 4.73. The topological polar surface area (TPSA) is 34.3 Å². The molecule has 142 valence electrons. The van der Waals surface area contributed by atoms with Crippen LogP contribution in [0.2, 0.25) is 0 Å². The molecule has 0 spiro atoms. The van der Waals surface area contributed by atoms with Gasteiger partial charge in [0.05, 0.1) is 12.6 Å². The lowest BCUT2D eigenvalue weighted by Crippen LogP contribution is -2.36. The summed E-state index contributed by atoms with van der Waals surface area (Å²) in [6, 6.07) is 5.96. The molecule has 3 heterocycles. The van der Waals surface area contributed by atoms with E-state index in [2.05, 4.69) is 33.3 Å². The zero-order valence-corrected chi connectivity index (χ0v) is 15.7. The molecule has 1 aliphatic carbocycles. The predicted octanol–water partition coefficient (Wildman–Crippen LogP) is 3.87. The van der Waals surface area contributed by atoms with Crippen molar-refractivity contribution in [2.45, 2.75) is 50.7 Å². The molecular formula is C22H27FN4. The summed E-state index contributed by atoms with van der Waals surface area (Å²) in [5, 5.41) is 4.64. The van der Waals surface area contributed by atoms with Crippen LogP contribution < -0.4 is 5.32 Å². The Hall–Kier alpha value is -2.27. The minimum Gasteiger partial charge on any atom is -0.357 e. The third-order valence-electron chi connectivity index (χ3n) is 6.53. The predicted molar refractivity (Wildman–Crippen MR) is 107 cm³/mol. The second kappa shape index (κ2) is 6.41. The van der Waals surface area contributed by atoms with Gasteiger partial charge in [0, 0.05) is 41.3 Å². The van der Waals surface area contributed by atoms with Gasteiger partial charge in [0.2, 0.25) is 0 Å². The number of aromatic nitrogens is 1. The fraction of sp³-hybridized carbons (Fsp3) is 0.455. The molecule has 3 aliphatic rings. The molecule has 2 N–H and O–H groups in total. The lowest BCUT2D eigenvalue weighted by atomic mass is 9.93. The maximum atomic E-state index is 13.7. The van der Waals surface area contributed by atoms with Gasteiger partial charge >= 0.3 is 0 Å². The van der Waals surface area contributed by atoms with Crippen LogP contribution in [0.3, 0.4) is 0 Å². The van der Waals surface area contributed by atoms with E-state index in [9.17, 15) is 4.39 Å². The number of nitrogens with zero attached hydrogens (tertiary/aromatic N) is 2. The second-order valence-corrected chi connectivity index (χ2v) is 8.11. The highest BCUT2D eigenvalue weighted by atomic mass is 19.1. The third kappa shape index (κ3) is 2.76. The van der Waals surface area contributed by atoms with Crippen LogP contribution >= 0.6 is 0 Å². The normalized spacial score (nSPS) is 22.3. The van der Waals surface area contributed by atoms with Gasteiger partial charge in [-0.05, 0) is 49.6 Å². The van der Waals surface area contributed by atoms with E-state index in [1.165, 1.54) is 36.6 Å². The van der Waals surface area contributed by atoms with E-state index in [0.717, 1.165) is 60.9 Å². The fourth-order valence-corrected chi connectivity index (χ4v) is 4.73. The zero-order chi connectivity index (χ0) is 18.5. The molecule has 4 nitrogen and oxygen atoms in total. The average molecular weight is 366 g/mol.